The normalized spacial score (nSPS) is 10.6. The zero-order valence-corrected chi connectivity index (χ0v) is 12.0. The lowest BCUT2D eigenvalue weighted by atomic mass is 9.97. The Hall–Kier alpha value is -1.12. The molecule has 0 aliphatic rings. The molecule has 0 spiro atoms. The van der Waals surface area contributed by atoms with Gasteiger partial charge in [-0.05, 0) is 54.6 Å². The molecule has 0 amide bonds. The maximum atomic E-state index is 5.59. The van der Waals surface area contributed by atoms with Gasteiger partial charge >= 0.3 is 0 Å². The molecule has 2 aromatic carbocycles. The van der Waals surface area contributed by atoms with Crippen molar-refractivity contribution in [2.45, 2.75) is 19.3 Å². The molecule has 1 nitrogen and oxygen atoms in total. The predicted octanol–water partition coefficient (Wildman–Crippen LogP) is 3.93. The van der Waals surface area contributed by atoms with Crippen molar-refractivity contribution in [2.24, 2.45) is 5.73 Å². The van der Waals surface area contributed by atoms with Crippen LogP contribution in [0.5, 0.6) is 0 Å². The first-order valence-electron chi connectivity index (χ1n) is 6.31. The molecule has 0 saturated heterocycles. The van der Waals surface area contributed by atoms with E-state index < -0.39 is 0 Å². The molecular formula is C16H18BrN. The Bertz CT molecular complexity index is 508. The Morgan fingerprint density at radius 2 is 1.72 bits per heavy atom. The third kappa shape index (κ3) is 3.69. The minimum Gasteiger partial charge on any atom is -0.330 e. The van der Waals surface area contributed by atoms with Crippen LogP contribution in [0.1, 0.15) is 23.1 Å². The van der Waals surface area contributed by atoms with Crippen LogP contribution in [-0.2, 0) is 12.8 Å². The van der Waals surface area contributed by atoms with E-state index in [1.54, 1.807) is 0 Å². The van der Waals surface area contributed by atoms with Crippen LogP contribution in [0, 0.1) is 0 Å². The summed E-state index contributed by atoms with van der Waals surface area (Å²) in [6.45, 7) is 0.755. The van der Waals surface area contributed by atoms with Crippen LogP contribution in [0.4, 0.5) is 0 Å². The van der Waals surface area contributed by atoms with Crippen LogP contribution in [0.15, 0.2) is 53.0 Å². The molecule has 0 atom stereocenters. The van der Waals surface area contributed by atoms with Crippen molar-refractivity contribution in [3.05, 3.63) is 69.7 Å². The molecule has 0 heterocycles. The number of aryl methyl sites for hydroxylation is 1. The highest BCUT2D eigenvalue weighted by Gasteiger charge is 2.03. The van der Waals surface area contributed by atoms with Crippen molar-refractivity contribution < 1.29 is 0 Å². The fourth-order valence-corrected chi connectivity index (χ4v) is 2.58. The molecule has 0 aromatic heterocycles. The van der Waals surface area contributed by atoms with Crippen LogP contribution in [0.25, 0.3) is 0 Å². The van der Waals surface area contributed by atoms with Crippen LogP contribution in [0.2, 0.25) is 0 Å². The van der Waals surface area contributed by atoms with E-state index in [-0.39, 0.29) is 0 Å². The third-order valence-electron chi connectivity index (χ3n) is 3.05. The number of nitrogens with two attached hydrogens (primary N) is 1. The van der Waals surface area contributed by atoms with E-state index in [1.807, 2.05) is 0 Å². The molecule has 94 valence electrons. The molecule has 2 heteroatoms. The van der Waals surface area contributed by atoms with Gasteiger partial charge in [0.2, 0.25) is 0 Å². The van der Waals surface area contributed by atoms with E-state index in [0.717, 1.165) is 30.3 Å². The smallest absolute Gasteiger partial charge is 0.0178 e. The Kier molecular flexibility index (Phi) is 4.97. The van der Waals surface area contributed by atoms with Crippen molar-refractivity contribution in [2.75, 3.05) is 6.54 Å². The largest absolute Gasteiger partial charge is 0.330 e. The molecule has 2 N–H and O–H groups in total. The summed E-state index contributed by atoms with van der Waals surface area (Å²) in [4.78, 5) is 0. The number of benzene rings is 2. The maximum absolute atomic E-state index is 5.59. The predicted molar refractivity (Wildman–Crippen MR) is 80.8 cm³/mol. The van der Waals surface area contributed by atoms with Crippen molar-refractivity contribution in [1.82, 2.24) is 0 Å². The summed E-state index contributed by atoms with van der Waals surface area (Å²) in [5, 5.41) is 0. The Morgan fingerprint density at radius 3 is 2.44 bits per heavy atom. The highest BCUT2D eigenvalue weighted by molar-refractivity contribution is 9.10. The SMILES string of the molecule is NCCCc1ccccc1Cc1cccc(Br)c1. The first-order chi connectivity index (χ1) is 8.79. The Labute approximate surface area is 117 Å². The highest BCUT2D eigenvalue weighted by Crippen LogP contribution is 2.18. The number of halogens is 1. The Morgan fingerprint density at radius 1 is 0.944 bits per heavy atom. The van der Waals surface area contributed by atoms with E-state index in [4.69, 9.17) is 5.73 Å². The maximum Gasteiger partial charge on any atom is 0.0178 e. The molecule has 0 saturated carbocycles. The van der Waals surface area contributed by atoms with Crippen LogP contribution in [-0.4, -0.2) is 6.54 Å². The molecule has 2 aromatic rings. The minimum absolute atomic E-state index is 0.755. The molecule has 0 aliphatic heterocycles. The first-order valence-corrected chi connectivity index (χ1v) is 7.10. The fourth-order valence-electron chi connectivity index (χ4n) is 2.13. The summed E-state index contributed by atoms with van der Waals surface area (Å²) in [7, 11) is 0. The number of hydrogen-bond donors (Lipinski definition) is 1. The second-order valence-electron chi connectivity index (χ2n) is 4.47. The zero-order valence-electron chi connectivity index (χ0n) is 10.4. The third-order valence-corrected chi connectivity index (χ3v) is 3.55. The quantitative estimate of drug-likeness (QED) is 0.890. The lowest BCUT2D eigenvalue weighted by molar-refractivity contribution is 0.824. The van der Waals surface area contributed by atoms with Gasteiger partial charge in [-0.2, -0.15) is 0 Å². The molecular weight excluding hydrogens is 286 g/mol. The van der Waals surface area contributed by atoms with E-state index in [9.17, 15) is 0 Å². The van der Waals surface area contributed by atoms with Crippen LogP contribution >= 0.6 is 15.9 Å². The van der Waals surface area contributed by atoms with Gasteiger partial charge in [-0.25, -0.2) is 0 Å². The van der Waals surface area contributed by atoms with Gasteiger partial charge in [-0.15, -0.1) is 0 Å². The second-order valence-corrected chi connectivity index (χ2v) is 5.38. The van der Waals surface area contributed by atoms with Crippen LogP contribution in [0.3, 0.4) is 0 Å². The minimum atomic E-state index is 0.755. The Balaban J connectivity index is 2.17. The van der Waals surface area contributed by atoms with E-state index in [0.29, 0.717) is 0 Å². The first kappa shape index (κ1) is 13.3. The lowest BCUT2D eigenvalue weighted by Gasteiger charge is -2.09. The summed E-state index contributed by atoms with van der Waals surface area (Å²) in [5.41, 5.74) is 9.76. The van der Waals surface area contributed by atoms with Crippen molar-refractivity contribution in [3.63, 3.8) is 0 Å². The van der Waals surface area contributed by atoms with Crippen molar-refractivity contribution >= 4 is 15.9 Å². The molecule has 0 radical (unpaired) electrons. The van der Waals surface area contributed by atoms with Gasteiger partial charge in [0.15, 0.2) is 0 Å². The van der Waals surface area contributed by atoms with E-state index in [1.165, 1.54) is 16.7 Å². The monoisotopic (exact) mass is 303 g/mol. The van der Waals surface area contributed by atoms with Gasteiger partial charge in [0.25, 0.3) is 0 Å². The fraction of sp³-hybridized carbons (Fsp3) is 0.250. The average Bonchev–Trinajstić information content (AvgIpc) is 2.38. The van der Waals surface area contributed by atoms with Gasteiger partial charge in [0.05, 0.1) is 0 Å². The van der Waals surface area contributed by atoms with Gasteiger partial charge in [-0.3, -0.25) is 0 Å². The molecule has 0 aliphatic carbocycles. The van der Waals surface area contributed by atoms with Crippen molar-refractivity contribution in [3.8, 4) is 0 Å². The lowest BCUT2D eigenvalue weighted by Crippen LogP contribution is -2.02. The standard InChI is InChI=1S/C16H18BrN/c17-16-9-3-5-13(12-16)11-15-7-2-1-6-14(15)8-4-10-18/h1-3,5-7,9,12H,4,8,10-11,18H2. The summed E-state index contributed by atoms with van der Waals surface area (Å²) in [6, 6.07) is 17.1. The molecule has 0 bridgehead atoms. The van der Waals surface area contributed by atoms with Crippen LogP contribution < -0.4 is 5.73 Å². The second kappa shape index (κ2) is 6.72. The molecule has 0 unspecified atom stereocenters. The summed E-state index contributed by atoms with van der Waals surface area (Å²) in [5.74, 6) is 0. The molecule has 2 rings (SSSR count). The van der Waals surface area contributed by atoms with Crippen molar-refractivity contribution in [1.29, 1.82) is 0 Å². The summed E-state index contributed by atoms with van der Waals surface area (Å²) < 4.78 is 1.14. The van der Waals surface area contributed by atoms with Gasteiger partial charge in [0, 0.05) is 4.47 Å². The summed E-state index contributed by atoms with van der Waals surface area (Å²) in [6.07, 6.45) is 3.11. The van der Waals surface area contributed by atoms with E-state index in [2.05, 4.69) is 64.5 Å². The van der Waals surface area contributed by atoms with E-state index >= 15 is 0 Å². The highest BCUT2D eigenvalue weighted by atomic mass is 79.9. The molecule has 0 fully saturated rings. The van der Waals surface area contributed by atoms with Gasteiger partial charge in [-0.1, -0.05) is 52.3 Å². The number of hydrogen-bond acceptors (Lipinski definition) is 1. The van der Waals surface area contributed by atoms with Gasteiger partial charge in [0.1, 0.15) is 0 Å². The van der Waals surface area contributed by atoms with Gasteiger partial charge < -0.3 is 5.73 Å². The zero-order chi connectivity index (χ0) is 12.8. The summed E-state index contributed by atoms with van der Waals surface area (Å²) >= 11 is 3.52. The average molecular weight is 304 g/mol. The molecule has 18 heavy (non-hydrogen) atoms. The topological polar surface area (TPSA) is 26.0 Å². The number of rotatable bonds is 5.